The predicted octanol–water partition coefficient (Wildman–Crippen LogP) is 1.51. The number of fused-ring (bicyclic) bond motifs is 1. The predicted molar refractivity (Wildman–Crippen MR) is 108 cm³/mol. The molecule has 2 aliphatic rings. The monoisotopic (exact) mass is 414 g/mol. The summed E-state index contributed by atoms with van der Waals surface area (Å²) in [6.45, 7) is 0.449. The molecule has 27 heavy (non-hydrogen) atoms. The minimum absolute atomic E-state index is 0. The van der Waals surface area contributed by atoms with E-state index in [0.717, 1.165) is 12.8 Å². The maximum absolute atomic E-state index is 12.5. The van der Waals surface area contributed by atoms with Crippen LogP contribution in [-0.4, -0.2) is 51.2 Å². The van der Waals surface area contributed by atoms with Gasteiger partial charge in [0.15, 0.2) is 5.84 Å². The molecule has 1 aliphatic heterocycles. The number of hydrogen-bond donors (Lipinski definition) is 2. The average Bonchev–Trinajstić information content (AvgIpc) is 2.92. The SMILES string of the molecule is CN(CC(=O)NC(CN)C1CCCCC1)C1=NS(=O)(=O)c2ccccc21.Cl. The molecule has 1 amide bonds. The van der Waals surface area contributed by atoms with Crippen LogP contribution in [0.15, 0.2) is 33.6 Å². The third-order valence-electron chi connectivity index (χ3n) is 5.17. The standard InChI is InChI=1S/C18H26N4O3S.ClH/c1-22(18-14-9-5-6-10-16(14)26(24,25)21-18)12-17(23)20-15(11-19)13-7-3-2-4-8-13;/h5-6,9-10,13,15H,2-4,7-8,11-12,19H2,1H3,(H,20,23);1H. The Bertz CT molecular complexity index is 807. The molecule has 1 aromatic rings. The van der Waals surface area contributed by atoms with Crippen molar-refractivity contribution in [3.8, 4) is 0 Å². The van der Waals surface area contributed by atoms with E-state index >= 15 is 0 Å². The van der Waals surface area contributed by atoms with Crippen LogP contribution in [-0.2, 0) is 14.8 Å². The van der Waals surface area contributed by atoms with Crippen LogP contribution >= 0.6 is 12.4 Å². The van der Waals surface area contributed by atoms with Gasteiger partial charge in [-0.05, 0) is 30.9 Å². The van der Waals surface area contributed by atoms with E-state index in [2.05, 4.69) is 9.71 Å². The second kappa shape index (κ2) is 9.03. The van der Waals surface area contributed by atoms with E-state index in [1.165, 1.54) is 25.3 Å². The number of carbonyl (C=O) groups excluding carboxylic acids is 1. The summed E-state index contributed by atoms with van der Waals surface area (Å²) in [6.07, 6.45) is 5.80. The number of nitrogens with one attached hydrogen (secondary N) is 1. The maximum Gasteiger partial charge on any atom is 0.285 e. The summed E-state index contributed by atoms with van der Waals surface area (Å²) in [5, 5.41) is 3.03. The van der Waals surface area contributed by atoms with Gasteiger partial charge in [-0.25, -0.2) is 0 Å². The molecule has 0 saturated heterocycles. The van der Waals surface area contributed by atoms with Gasteiger partial charge >= 0.3 is 0 Å². The Balaban J connectivity index is 0.00000261. The molecule has 1 fully saturated rings. The van der Waals surface area contributed by atoms with Gasteiger partial charge < -0.3 is 16.0 Å². The van der Waals surface area contributed by atoms with Gasteiger partial charge in [-0.2, -0.15) is 8.42 Å². The van der Waals surface area contributed by atoms with E-state index < -0.39 is 10.0 Å². The summed E-state index contributed by atoms with van der Waals surface area (Å²) >= 11 is 0. The largest absolute Gasteiger partial charge is 0.350 e. The number of carbonyl (C=O) groups is 1. The van der Waals surface area contributed by atoms with E-state index in [9.17, 15) is 13.2 Å². The molecule has 1 heterocycles. The number of amides is 1. The molecule has 1 saturated carbocycles. The number of amidine groups is 1. The lowest BCUT2D eigenvalue weighted by Gasteiger charge is -2.30. The molecule has 0 spiro atoms. The summed E-state index contributed by atoms with van der Waals surface area (Å²) < 4.78 is 28.1. The minimum atomic E-state index is -3.69. The molecular weight excluding hydrogens is 388 g/mol. The fourth-order valence-electron chi connectivity index (χ4n) is 3.81. The van der Waals surface area contributed by atoms with Gasteiger partial charge in [0.1, 0.15) is 4.90 Å². The summed E-state index contributed by atoms with van der Waals surface area (Å²) in [4.78, 5) is 14.2. The molecule has 0 radical (unpaired) electrons. The van der Waals surface area contributed by atoms with E-state index in [1.807, 2.05) is 0 Å². The van der Waals surface area contributed by atoms with Crippen LogP contribution in [0.1, 0.15) is 37.7 Å². The highest BCUT2D eigenvalue weighted by atomic mass is 35.5. The lowest BCUT2D eigenvalue weighted by Crippen LogP contribution is -2.49. The summed E-state index contributed by atoms with van der Waals surface area (Å²) in [7, 11) is -2.01. The molecule has 150 valence electrons. The van der Waals surface area contributed by atoms with Crippen molar-refractivity contribution in [2.45, 2.75) is 43.0 Å². The molecule has 9 heteroatoms. The summed E-state index contributed by atoms with van der Waals surface area (Å²) in [5.41, 5.74) is 6.41. The third-order valence-corrected chi connectivity index (χ3v) is 6.50. The second-order valence-electron chi connectivity index (χ2n) is 7.05. The Morgan fingerprint density at radius 3 is 2.63 bits per heavy atom. The Labute approximate surface area is 166 Å². The molecule has 1 atom stereocenters. The van der Waals surface area contributed by atoms with Crippen LogP contribution in [0, 0.1) is 5.92 Å². The number of nitrogens with zero attached hydrogens (tertiary/aromatic N) is 2. The van der Waals surface area contributed by atoms with Crippen LogP contribution in [0.3, 0.4) is 0 Å². The van der Waals surface area contributed by atoms with Gasteiger partial charge in [-0.3, -0.25) is 4.79 Å². The maximum atomic E-state index is 12.5. The van der Waals surface area contributed by atoms with Crippen LogP contribution in [0.4, 0.5) is 0 Å². The number of halogens is 1. The topological polar surface area (TPSA) is 105 Å². The highest BCUT2D eigenvalue weighted by molar-refractivity contribution is 7.90. The quantitative estimate of drug-likeness (QED) is 0.759. The number of nitrogens with two attached hydrogens (primary N) is 1. The smallest absolute Gasteiger partial charge is 0.285 e. The number of rotatable bonds is 5. The van der Waals surface area contributed by atoms with Gasteiger partial charge in [-0.15, -0.1) is 16.8 Å². The zero-order valence-electron chi connectivity index (χ0n) is 15.4. The number of hydrogen-bond acceptors (Lipinski definition) is 5. The summed E-state index contributed by atoms with van der Waals surface area (Å²) in [5.74, 6) is 0.559. The zero-order chi connectivity index (χ0) is 18.7. The molecular formula is C18H27ClN4O3S. The van der Waals surface area contributed by atoms with Crippen molar-refractivity contribution in [1.29, 1.82) is 0 Å². The van der Waals surface area contributed by atoms with Crippen molar-refractivity contribution in [2.75, 3.05) is 20.1 Å². The third kappa shape index (κ3) is 4.80. The van der Waals surface area contributed by atoms with Crippen LogP contribution < -0.4 is 11.1 Å². The van der Waals surface area contributed by atoms with Gasteiger partial charge in [-0.1, -0.05) is 31.4 Å². The van der Waals surface area contributed by atoms with Crippen molar-refractivity contribution < 1.29 is 13.2 Å². The highest BCUT2D eigenvalue weighted by Gasteiger charge is 2.31. The molecule has 3 N–H and O–H groups in total. The zero-order valence-corrected chi connectivity index (χ0v) is 17.1. The van der Waals surface area contributed by atoms with Crippen molar-refractivity contribution in [1.82, 2.24) is 10.2 Å². The highest BCUT2D eigenvalue weighted by Crippen LogP contribution is 2.27. The van der Waals surface area contributed by atoms with E-state index in [1.54, 1.807) is 30.1 Å². The Morgan fingerprint density at radius 2 is 1.96 bits per heavy atom. The van der Waals surface area contributed by atoms with E-state index in [4.69, 9.17) is 5.73 Å². The first-order chi connectivity index (χ1) is 12.4. The minimum Gasteiger partial charge on any atom is -0.350 e. The van der Waals surface area contributed by atoms with E-state index in [0.29, 0.717) is 23.9 Å². The van der Waals surface area contributed by atoms with Crippen molar-refractivity contribution in [2.24, 2.45) is 16.0 Å². The van der Waals surface area contributed by atoms with Crippen molar-refractivity contribution >= 4 is 34.2 Å². The Kier molecular flexibility index (Phi) is 7.25. The fraction of sp³-hybridized carbons (Fsp3) is 0.556. The van der Waals surface area contributed by atoms with E-state index in [-0.39, 0.29) is 35.8 Å². The number of sulfonamides is 1. The molecule has 3 rings (SSSR count). The van der Waals surface area contributed by atoms with Gasteiger partial charge in [0.05, 0.1) is 6.54 Å². The lowest BCUT2D eigenvalue weighted by atomic mass is 9.84. The molecule has 1 aliphatic carbocycles. The number of likely N-dealkylation sites (N-methyl/N-ethyl adjacent to an activating group) is 1. The first kappa shape index (κ1) is 21.7. The van der Waals surface area contributed by atoms with Gasteiger partial charge in [0.2, 0.25) is 5.91 Å². The molecule has 1 unspecified atom stereocenters. The molecule has 0 aromatic heterocycles. The number of benzene rings is 1. The molecule has 1 aromatic carbocycles. The Morgan fingerprint density at radius 1 is 1.30 bits per heavy atom. The normalized spacial score (nSPS) is 19.4. The van der Waals surface area contributed by atoms with Crippen molar-refractivity contribution in [3.63, 3.8) is 0 Å². The molecule has 7 nitrogen and oxygen atoms in total. The first-order valence-electron chi connectivity index (χ1n) is 9.07. The van der Waals surface area contributed by atoms with Gasteiger partial charge in [0.25, 0.3) is 10.0 Å². The van der Waals surface area contributed by atoms with Gasteiger partial charge in [0, 0.05) is 25.2 Å². The van der Waals surface area contributed by atoms with Crippen LogP contribution in [0.25, 0.3) is 0 Å². The lowest BCUT2D eigenvalue weighted by molar-refractivity contribution is -0.122. The summed E-state index contributed by atoms with van der Waals surface area (Å²) in [6, 6.07) is 6.63. The van der Waals surface area contributed by atoms with Crippen molar-refractivity contribution in [3.05, 3.63) is 29.8 Å². The fourth-order valence-corrected chi connectivity index (χ4v) is 5.06. The van der Waals surface area contributed by atoms with Crippen LogP contribution in [0.2, 0.25) is 0 Å². The Hall–Kier alpha value is -1.64. The second-order valence-corrected chi connectivity index (χ2v) is 8.62. The average molecular weight is 415 g/mol. The van der Waals surface area contributed by atoms with Crippen LogP contribution in [0.5, 0.6) is 0 Å². The molecule has 0 bridgehead atoms. The first-order valence-corrected chi connectivity index (χ1v) is 10.5.